The molecule has 0 spiro atoms. The van der Waals surface area contributed by atoms with Crippen LogP contribution in [0.3, 0.4) is 0 Å². The molecule has 6 rings (SSSR count). The molecule has 2 amide bonds. The fourth-order valence-electron chi connectivity index (χ4n) is 9.22. The Bertz CT molecular complexity index is 1810. The molecule has 2 saturated carbocycles. The van der Waals surface area contributed by atoms with Gasteiger partial charge in [-0.3, -0.25) is 10.1 Å². The first-order valence-electron chi connectivity index (χ1n) is 21.0. The van der Waals surface area contributed by atoms with Crippen molar-refractivity contribution in [3.05, 3.63) is 66.3 Å². The number of hydrogen-bond acceptors (Lipinski definition) is 11. The summed E-state index contributed by atoms with van der Waals surface area (Å²) >= 11 is 0. The van der Waals surface area contributed by atoms with E-state index >= 15 is 0 Å². The molecule has 2 aromatic carbocycles. The van der Waals surface area contributed by atoms with Crippen molar-refractivity contribution in [3.63, 3.8) is 0 Å². The minimum atomic E-state index is -1.32. The molecule has 6 unspecified atom stereocenters. The smallest absolute Gasteiger partial charge is 0.417 e. The number of oxime groups is 1. The summed E-state index contributed by atoms with van der Waals surface area (Å²) in [5, 5.41) is 27.3. The van der Waals surface area contributed by atoms with Crippen LogP contribution in [0.5, 0.6) is 23.0 Å². The molecule has 2 aromatic rings. The summed E-state index contributed by atoms with van der Waals surface area (Å²) in [6.07, 6.45) is 10.7. The molecule has 3 aliphatic carbocycles. The zero-order chi connectivity index (χ0) is 41.2. The maximum Gasteiger partial charge on any atom is 0.417 e. The van der Waals surface area contributed by atoms with E-state index in [1.807, 2.05) is 24.0 Å². The molecule has 6 atom stereocenters. The second-order valence-corrected chi connectivity index (χ2v) is 15.6. The summed E-state index contributed by atoms with van der Waals surface area (Å²) in [5.41, 5.74) is 3.00. The molecule has 316 valence electrons. The lowest BCUT2D eigenvalue weighted by Crippen LogP contribution is -2.70. The van der Waals surface area contributed by atoms with Gasteiger partial charge >= 0.3 is 6.09 Å². The topological polar surface area (TPSA) is 158 Å². The molecule has 1 aliphatic heterocycles. The predicted molar refractivity (Wildman–Crippen MR) is 221 cm³/mol. The summed E-state index contributed by atoms with van der Waals surface area (Å²) < 4.78 is 31.0. The molecule has 0 saturated heterocycles. The van der Waals surface area contributed by atoms with Gasteiger partial charge < -0.3 is 43.6 Å². The molecular weight excluding hydrogens is 743 g/mol. The third kappa shape index (κ3) is 9.16. The number of allylic oxidation sites excluding steroid dienone is 1. The Hall–Kier alpha value is -4.59. The maximum atomic E-state index is 14.3. The summed E-state index contributed by atoms with van der Waals surface area (Å²) in [6.45, 7) is 9.25. The first kappa shape index (κ1) is 43.0. The highest BCUT2D eigenvalue weighted by Gasteiger charge is 2.65. The predicted octanol–water partition coefficient (Wildman–Crippen LogP) is 7.62. The van der Waals surface area contributed by atoms with Gasteiger partial charge in [0.05, 0.1) is 38.1 Å². The number of anilines is 1. The van der Waals surface area contributed by atoms with Gasteiger partial charge in [0.2, 0.25) is 11.7 Å². The third-order valence-corrected chi connectivity index (χ3v) is 11.9. The number of aliphatic hydroxyl groups excluding tert-OH is 2. The second-order valence-electron chi connectivity index (χ2n) is 15.6. The Morgan fingerprint density at radius 1 is 1.02 bits per heavy atom. The normalized spacial score (nSPS) is 25.0. The fourth-order valence-corrected chi connectivity index (χ4v) is 9.22. The quantitative estimate of drug-likeness (QED) is 0.0652. The average Bonchev–Trinajstić information content (AvgIpc) is 4.09. The maximum absolute atomic E-state index is 14.3. The third-order valence-electron chi connectivity index (χ3n) is 11.9. The standard InChI is InChI=1S/C45H61N3O10/c1-6-21-48(43(51)29-15-16-29)40-28-37(47-56-8-3)34-25-30(13-9-11-22-49)33(14-10-12-23-50)41-35-26-32(18-20-38(35)58-45(40,42(34)41)55-24-7-2)57-44(52)46-36-19-17-31(53-4)27-39(36)54-5/h7,17-20,25-27,29-30,33,40-42,49-50H,2,6,8-16,21-24,28H2,1,3-5H3,(H,46,52). The minimum absolute atomic E-state index is 0.0314. The van der Waals surface area contributed by atoms with Crippen molar-refractivity contribution in [2.45, 2.75) is 95.8 Å². The van der Waals surface area contributed by atoms with E-state index in [0.717, 1.165) is 61.8 Å². The zero-order valence-electron chi connectivity index (χ0n) is 34.5. The Labute approximate surface area is 342 Å². The van der Waals surface area contributed by atoms with E-state index in [2.05, 4.69) is 24.9 Å². The number of methoxy groups -OCH3 is 2. The van der Waals surface area contributed by atoms with Crippen LogP contribution in [-0.2, 0) is 14.4 Å². The SMILES string of the molecule is C=CCOC12Oc3ccc(OC(=O)Nc4ccc(OC)cc4OC)cc3C3C(CCCCO)C(CCCCO)C=C(C(=NOCC)CC1N(CCC)C(=O)C1CC1)C32. The number of carbonyl (C=O) groups is 2. The summed E-state index contributed by atoms with van der Waals surface area (Å²) in [6, 6.07) is 9.97. The number of aliphatic hydroxyl groups is 2. The van der Waals surface area contributed by atoms with E-state index in [9.17, 15) is 19.8 Å². The number of nitrogens with zero attached hydrogens (tertiary/aromatic N) is 2. The van der Waals surface area contributed by atoms with Crippen molar-refractivity contribution >= 4 is 23.4 Å². The molecule has 2 fully saturated rings. The highest BCUT2D eigenvalue weighted by Crippen LogP contribution is 2.62. The number of benzene rings is 2. The molecule has 58 heavy (non-hydrogen) atoms. The lowest BCUT2D eigenvalue weighted by Gasteiger charge is -2.60. The van der Waals surface area contributed by atoms with Gasteiger partial charge in [0.1, 0.15) is 35.6 Å². The number of fused-ring (bicyclic) bond motifs is 2. The largest absolute Gasteiger partial charge is 0.497 e. The molecule has 1 heterocycles. The van der Waals surface area contributed by atoms with E-state index < -0.39 is 23.8 Å². The van der Waals surface area contributed by atoms with Gasteiger partial charge in [0.25, 0.3) is 0 Å². The molecule has 4 aliphatic rings. The van der Waals surface area contributed by atoms with E-state index in [0.29, 0.717) is 61.1 Å². The van der Waals surface area contributed by atoms with Crippen LogP contribution < -0.4 is 24.3 Å². The van der Waals surface area contributed by atoms with Crippen molar-refractivity contribution in [1.29, 1.82) is 0 Å². The fraction of sp³-hybridized carbons (Fsp3) is 0.578. The van der Waals surface area contributed by atoms with Gasteiger partial charge in [0.15, 0.2) is 0 Å². The van der Waals surface area contributed by atoms with Crippen molar-refractivity contribution < 1.29 is 48.3 Å². The molecule has 13 heteroatoms. The first-order valence-corrected chi connectivity index (χ1v) is 21.0. The van der Waals surface area contributed by atoms with Crippen molar-refractivity contribution in [1.82, 2.24) is 4.90 Å². The van der Waals surface area contributed by atoms with Crippen molar-refractivity contribution in [2.75, 3.05) is 52.5 Å². The lowest BCUT2D eigenvalue weighted by molar-refractivity contribution is -0.257. The van der Waals surface area contributed by atoms with Crippen LogP contribution in [0.15, 0.2) is 65.9 Å². The summed E-state index contributed by atoms with van der Waals surface area (Å²) in [7, 11) is 3.07. The first-order chi connectivity index (χ1) is 28.3. The summed E-state index contributed by atoms with van der Waals surface area (Å²) in [5.74, 6) is 0.0754. The number of carbonyl (C=O) groups excluding carboxylic acids is 2. The molecule has 3 N–H and O–H groups in total. The Morgan fingerprint density at radius 2 is 1.78 bits per heavy atom. The number of hydrogen-bond donors (Lipinski definition) is 3. The van der Waals surface area contributed by atoms with Gasteiger partial charge in [-0.25, -0.2) is 4.79 Å². The number of rotatable bonds is 21. The van der Waals surface area contributed by atoms with E-state index in [1.54, 1.807) is 37.5 Å². The number of nitrogens with one attached hydrogen (secondary N) is 1. The highest BCUT2D eigenvalue weighted by molar-refractivity contribution is 6.03. The van der Waals surface area contributed by atoms with Gasteiger partial charge in [0, 0.05) is 49.6 Å². The van der Waals surface area contributed by atoms with E-state index in [-0.39, 0.29) is 49.4 Å². The van der Waals surface area contributed by atoms with Gasteiger partial charge in [-0.05, 0) is 99.6 Å². The molecule has 13 nitrogen and oxygen atoms in total. The van der Waals surface area contributed by atoms with Crippen LogP contribution in [0.25, 0.3) is 0 Å². The molecule has 0 bridgehead atoms. The zero-order valence-corrected chi connectivity index (χ0v) is 34.5. The van der Waals surface area contributed by atoms with Gasteiger partial charge in [-0.2, -0.15) is 0 Å². The Kier molecular flexibility index (Phi) is 14.8. The lowest BCUT2D eigenvalue weighted by atomic mass is 9.55. The van der Waals surface area contributed by atoms with Crippen LogP contribution in [-0.4, -0.2) is 91.8 Å². The monoisotopic (exact) mass is 803 g/mol. The van der Waals surface area contributed by atoms with Crippen LogP contribution in [0.1, 0.15) is 89.5 Å². The van der Waals surface area contributed by atoms with Crippen molar-refractivity contribution in [2.24, 2.45) is 28.8 Å². The molecular formula is C45H61N3O10. The minimum Gasteiger partial charge on any atom is -0.497 e. The van der Waals surface area contributed by atoms with E-state index in [1.165, 1.54) is 7.11 Å². The van der Waals surface area contributed by atoms with Crippen molar-refractivity contribution in [3.8, 4) is 23.0 Å². The Morgan fingerprint density at radius 3 is 2.45 bits per heavy atom. The molecule has 0 aromatic heterocycles. The van der Waals surface area contributed by atoms with Gasteiger partial charge in [-0.15, -0.1) is 6.58 Å². The Balaban J connectivity index is 1.51. The van der Waals surface area contributed by atoms with Crippen LogP contribution in [0.4, 0.5) is 10.5 Å². The molecule has 0 radical (unpaired) electrons. The van der Waals surface area contributed by atoms with Crippen LogP contribution in [0, 0.1) is 23.7 Å². The van der Waals surface area contributed by atoms with Crippen LogP contribution >= 0.6 is 0 Å². The van der Waals surface area contributed by atoms with Gasteiger partial charge in [-0.1, -0.05) is 37.1 Å². The second kappa shape index (κ2) is 19.9. The average molecular weight is 804 g/mol. The van der Waals surface area contributed by atoms with Crippen LogP contribution in [0.2, 0.25) is 0 Å². The highest BCUT2D eigenvalue weighted by atomic mass is 16.7. The summed E-state index contributed by atoms with van der Waals surface area (Å²) in [4.78, 5) is 35.5. The number of amides is 2. The van der Waals surface area contributed by atoms with E-state index in [4.69, 9.17) is 33.7 Å². The number of unbranched alkanes of at least 4 members (excludes halogenated alkanes) is 2. The number of ether oxygens (including phenoxy) is 5.